The molecule has 4 heteroatoms. The molecule has 0 saturated carbocycles. The van der Waals surface area contributed by atoms with E-state index >= 15 is 0 Å². The molecule has 0 aromatic heterocycles. The Morgan fingerprint density at radius 1 is 1.44 bits per heavy atom. The van der Waals surface area contributed by atoms with E-state index in [1.807, 2.05) is 0 Å². The van der Waals surface area contributed by atoms with E-state index in [0.717, 1.165) is 11.8 Å². The SMILES string of the molecule is CC(CCBr)CNC(=O)c1ccc(O)cc1. The number of rotatable bonds is 5. The van der Waals surface area contributed by atoms with Gasteiger partial charge in [0.1, 0.15) is 5.75 Å². The van der Waals surface area contributed by atoms with Gasteiger partial charge in [0.05, 0.1) is 0 Å². The summed E-state index contributed by atoms with van der Waals surface area (Å²) >= 11 is 3.37. The second kappa shape index (κ2) is 6.53. The summed E-state index contributed by atoms with van der Waals surface area (Å²) in [5, 5.41) is 12.9. The minimum absolute atomic E-state index is 0.0959. The summed E-state index contributed by atoms with van der Waals surface area (Å²) in [5.74, 6) is 0.533. The van der Waals surface area contributed by atoms with Crippen molar-refractivity contribution in [3.05, 3.63) is 29.8 Å². The number of aromatic hydroxyl groups is 1. The lowest BCUT2D eigenvalue weighted by Gasteiger charge is -2.11. The van der Waals surface area contributed by atoms with Crippen LogP contribution in [0.3, 0.4) is 0 Å². The minimum atomic E-state index is -0.0959. The number of phenols is 1. The van der Waals surface area contributed by atoms with Crippen LogP contribution in [0.2, 0.25) is 0 Å². The molecule has 0 radical (unpaired) electrons. The highest BCUT2D eigenvalue weighted by atomic mass is 79.9. The van der Waals surface area contributed by atoms with E-state index in [-0.39, 0.29) is 11.7 Å². The zero-order chi connectivity index (χ0) is 12.0. The van der Waals surface area contributed by atoms with Gasteiger partial charge in [-0.1, -0.05) is 22.9 Å². The molecule has 0 aliphatic heterocycles. The summed E-state index contributed by atoms with van der Waals surface area (Å²) in [5.41, 5.74) is 0.573. The van der Waals surface area contributed by atoms with E-state index in [1.165, 1.54) is 12.1 Å². The molecule has 1 unspecified atom stereocenters. The number of carbonyl (C=O) groups is 1. The van der Waals surface area contributed by atoms with Crippen LogP contribution in [0.5, 0.6) is 5.75 Å². The van der Waals surface area contributed by atoms with Crippen LogP contribution < -0.4 is 5.32 Å². The Morgan fingerprint density at radius 3 is 2.62 bits per heavy atom. The Labute approximate surface area is 104 Å². The Morgan fingerprint density at radius 2 is 2.06 bits per heavy atom. The normalized spacial score (nSPS) is 12.1. The molecule has 2 N–H and O–H groups in total. The van der Waals surface area contributed by atoms with E-state index in [9.17, 15) is 4.79 Å². The topological polar surface area (TPSA) is 49.3 Å². The molecule has 0 heterocycles. The Balaban J connectivity index is 2.43. The highest BCUT2D eigenvalue weighted by Gasteiger charge is 2.07. The number of halogens is 1. The number of benzene rings is 1. The second-order valence-electron chi connectivity index (χ2n) is 3.84. The van der Waals surface area contributed by atoms with E-state index < -0.39 is 0 Å². The number of hydrogen-bond donors (Lipinski definition) is 2. The van der Waals surface area contributed by atoms with Crippen LogP contribution in [0.25, 0.3) is 0 Å². The smallest absolute Gasteiger partial charge is 0.251 e. The lowest BCUT2D eigenvalue weighted by molar-refractivity contribution is 0.0948. The molecule has 0 saturated heterocycles. The van der Waals surface area contributed by atoms with Gasteiger partial charge < -0.3 is 10.4 Å². The highest BCUT2D eigenvalue weighted by molar-refractivity contribution is 9.09. The number of phenolic OH excluding ortho intramolecular Hbond substituents is 1. The number of nitrogens with one attached hydrogen (secondary N) is 1. The highest BCUT2D eigenvalue weighted by Crippen LogP contribution is 2.09. The van der Waals surface area contributed by atoms with Crippen molar-refractivity contribution in [2.24, 2.45) is 5.92 Å². The van der Waals surface area contributed by atoms with Crippen molar-refractivity contribution in [3.63, 3.8) is 0 Å². The first-order valence-corrected chi connectivity index (χ1v) is 6.39. The molecule has 1 aromatic rings. The average molecular weight is 286 g/mol. The lowest BCUT2D eigenvalue weighted by atomic mass is 10.1. The molecule has 16 heavy (non-hydrogen) atoms. The maximum Gasteiger partial charge on any atom is 0.251 e. The number of alkyl halides is 1. The quantitative estimate of drug-likeness (QED) is 0.817. The fraction of sp³-hybridized carbons (Fsp3) is 0.417. The van der Waals surface area contributed by atoms with Gasteiger partial charge in [0, 0.05) is 17.4 Å². The zero-order valence-corrected chi connectivity index (χ0v) is 10.8. The van der Waals surface area contributed by atoms with Crippen LogP contribution in [0.15, 0.2) is 24.3 Å². The number of hydrogen-bond acceptors (Lipinski definition) is 2. The van der Waals surface area contributed by atoms with E-state index in [4.69, 9.17) is 5.11 Å². The van der Waals surface area contributed by atoms with Crippen molar-refractivity contribution in [2.75, 3.05) is 11.9 Å². The van der Waals surface area contributed by atoms with Gasteiger partial charge >= 0.3 is 0 Å². The molecule has 3 nitrogen and oxygen atoms in total. The van der Waals surface area contributed by atoms with Crippen LogP contribution >= 0.6 is 15.9 Å². The van der Waals surface area contributed by atoms with Crippen molar-refractivity contribution in [1.82, 2.24) is 5.32 Å². The van der Waals surface area contributed by atoms with Crippen molar-refractivity contribution < 1.29 is 9.90 Å². The van der Waals surface area contributed by atoms with Gasteiger partial charge in [0.2, 0.25) is 0 Å². The van der Waals surface area contributed by atoms with Crippen molar-refractivity contribution in [2.45, 2.75) is 13.3 Å². The van der Waals surface area contributed by atoms with Gasteiger partial charge in [-0.25, -0.2) is 0 Å². The minimum Gasteiger partial charge on any atom is -0.508 e. The van der Waals surface area contributed by atoms with Gasteiger partial charge in [-0.15, -0.1) is 0 Å². The van der Waals surface area contributed by atoms with Gasteiger partial charge in [0.15, 0.2) is 0 Å². The third-order valence-corrected chi connectivity index (χ3v) is 2.80. The molecule has 0 aliphatic carbocycles. The summed E-state index contributed by atoms with van der Waals surface area (Å²) in [4.78, 5) is 11.7. The molecule has 1 rings (SSSR count). The molecule has 1 atom stereocenters. The largest absolute Gasteiger partial charge is 0.508 e. The monoisotopic (exact) mass is 285 g/mol. The molecular formula is C12H16BrNO2. The Bertz CT molecular complexity index is 337. The van der Waals surface area contributed by atoms with E-state index in [1.54, 1.807) is 12.1 Å². The van der Waals surface area contributed by atoms with Crippen LogP contribution in [0.1, 0.15) is 23.7 Å². The second-order valence-corrected chi connectivity index (χ2v) is 4.63. The van der Waals surface area contributed by atoms with Crippen molar-refractivity contribution >= 4 is 21.8 Å². The summed E-state index contributed by atoms with van der Waals surface area (Å²) in [6, 6.07) is 6.24. The Kier molecular flexibility index (Phi) is 5.32. The number of carbonyl (C=O) groups excluding carboxylic acids is 1. The molecule has 0 aliphatic rings. The third-order valence-electron chi connectivity index (χ3n) is 2.34. The molecule has 1 aromatic carbocycles. The fourth-order valence-corrected chi connectivity index (χ4v) is 2.05. The first-order valence-electron chi connectivity index (χ1n) is 5.26. The van der Waals surface area contributed by atoms with E-state index in [2.05, 4.69) is 28.2 Å². The van der Waals surface area contributed by atoms with Gasteiger partial charge in [0.25, 0.3) is 5.91 Å². The lowest BCUT2D eigenvalue weighted by Crippen LogP contribution is -2.28. The molecule has 0 bridgehead atoms. The molecular weight excluding hydrogens is 270 g/mol. The van der Waals surface area contributed by atoms with Crippen LogP contribution in [-0.4, -0.2) is 22.9 Å². The van der Waals surface area contributed by atoms with Crippen LogP contribution in [-0.2, 0) is 0 Å². The van der Waals surface area contributed by atoms with Crippen molar-refractivity contribution in [3.8, 4) is 5.75 Å². The molecule has 88 valence electrons. The summed E-state index contributed by atoms with van der Waals surface area (Å²) in [7, 11) is 0. The van der Waals surface area contributed by atoms with Crippen LogP contribution in [0.4, 0.5) is 0 Å². The van der Waals surface area contributed by atoms with Gasteiger partial charge in [-0.3, -0.25) is 4.79 Å². The predicted octanol–water partition coefficient (Wildman–Crippen LogP) is 2.54. The average Bonchev–Trinajstić information content (AvgIpc) is 2.27. The van der Waals surface area contributed by atoms with E-state index in [0.29, 0.717) is 18.0 Å². The van der Waals surface area contributed by atoms with Gasteiger partial charge in [-0.05, 0) is 36.6 Å². The van der Waals surface area contributed by atoms with Crippen LogP contribution in [0, 0.1) is 5.92 Å². The fourth-order valence-electron chi connectivity index (χ4n) is 1.27. The maximum absolute atomic E-state index is 11.7. The third kappa shape index (κ3) is 4.23. The van der Waals surface area contributed by atoms with Crippen molar-refractivity contribution in [1.29, 1.82) is 0 Å². The number of amides is 1. The first kappa shape index (κ1) is 13.0. The maximum atomic E-state index is 11.7. The van der Waals surface area contributed by atoms with Gasteiger partial charge in [-0.2, -0.15) is 0 Å². The predicted molar refractivity (Wildman–Crippen MR) is 68.0 cm³/mol. The summed E-state index contributed by atoms with van der Waals surface area (Å²) in [6.45, 7) is 2.77. The molecule has 0 fully saturated rings. The first-order chi connectivity index (χ1) is 7.63. The standard InChI is InChI=1S/C12H16BrNO2/c1-9(6-7-13)8-14-12(16)10-2-4-11(15)5-3-10/h2-5,9,15H,6-8H2,1H3,(H,14,16). The molecule has 0 spiro atoms. The zero-order valence-electron chi connectivity index (χ0n) is 9.24. The summed E-state index contributed by atoms with van der Waals surface area (Å²) in [6.07, 6.45) is 1.04. The Hall–Kier alpha value is -1.03. The summed E-state index contributed by atoms with van der Waals surface area (Å²) < 4.78 is 0. The molecule has 1 amide bonds.